The summed E-state index contributed by atoms with van der Waals surface area (Å²) in [6.07, 6.45) is 5.29. The lowest BCUT2D eigenvalue weighted by molar-refractivity contribution is 0.204. The molecule has 20 heavy (non-hydrogen) atoms. The van der Waals surface area contributed by atoms with E-state index in [1.165, 1.54) is 0 Å². The minimum Gasteiger partial charge on any atom is -0.383 e. The number of nitrogens with zero attached hydrogens (tertiary/aromatic N) is 4. The van der Waals surface area contributed by atoms with Crippen molar-refractivity contribution in [2.24, 2.45) is 10.7 Å². The molecule has 2 aromatic heterocycles. The third-order valence-corrected chi connectivity index (χ3v) is 2.59. The quantitative estimate of drug-likeness (QED) is 0.450. The molecule has 0 fully saturated rings. The molecule has 0 amide bonds. The molecule has 2 rings (SSSR count). The van der Waals surface area contributed by atoms with E-state index in [2.05, 4.69) is 20.4 Å². The Morgan fingerprint density at radius 1 is 1.50 bits per heavy atom. The summed E-state index contributed by atoms with van der Waals surface area (Å²) in [5.41, 5.74) is 6.76. The van der Waals surface area contributed by atoms with Crippen LogP contribution < -0.4 is 11.1 Å². The van der Waals surface area contributed by atoms with E-state index in [-0.39, 0.29) is 0 Å². The average molecular weight is 274 g/mol. The van der Waals surface area contributed by atoms with Crippen LogP contribution in [-0.4, -0.2) is 41.0 Å². The van der Waals surface area contributed by atoms with Crippen LogP contribution in [0.4, 0.5) is 0 Å². The van der Waals surface area contributed by atoms with Crippen molar-refractivity contribution in [1.29, 1.82) is 0 Å². The minimum atomic E-state index is 0.402. The Kier molecular flexibility index (Phi) is 5.08. The fourth-order valence-corrected chi connectivity index (χ4v) is 1.60. The van der Waals surface area contributed by atoms with Gasteiger partial charge in [0.05, 0.1) is 13.2 Å². The zero-order valence-corrected chi connectivity index (χ0v) is 11.4. The molecule has 0 aliphatic heterocycles. The van der Waals surface area contributed by atoms with E-state index in [1.54, 1.807) is 24.2 Å². The van der Waals surface area contributed by atoms with Gasteiger partial charge in [-0.3, -0.25) is 0 Å². The first-order valence-electron chi connectivity index (χ1n) is 6.27. The molecular weight excluding hydrogens is 256 g/mol. The second-order valence-electron chi connectivity index (χ2n) is 4.09. The van der Waals surface area contributed by atoms with Crippen LogP contribution in [0.25, 0.3) is 5.82 Å². The van der Waals surface area contributed by atoms with Crippen LogP contribution in [-0.2, 0) is 11.3 Å². The Balaban J connectivity index is 1.96. The summed E-state index contributed by atoms with van der Waals surface area (Å²) in [6.45, 7) is 1.72. The third-order valence-electron chi connectivity index (χ3n) is 2.59. The molecule has 7 heteroatoms. The van der Waals surface area contributed by atoms with Crippen LogP contribution >= 0.6 is 0 Å². The summed E-state index contributed by atoms with van der Waals surface area (Å²) in [6, 6.07) is 5.68. The van der Waals surface area contributed by atoms with Crippen molar-refractivity contribution in [1.82, 2.24) is 20.1 Å². The average Bonchev–Trinajstić information content (AvgIpc) is 3.00. The zero-order valence-electron chi connectivity index (χ0n) is 11.4. The van der Waals surface area contributed by atoms with Gasteiger partial charge in [0, 0.05) is 32.2 Å². The number of nitrogens with one attached hydrogen (secondary N) is 1. The molecule has 0 unspecified atom stereocenters. The molecular formula is C13H18N6O. The number of ether oxygens (including phenoxy) is 1. The minimum absolute atomic E-state index is 0.402. The molecule has 0 aliphatic carbocycles. The molecule has 2 aromatic rings. The van der Waals surface area contributed by atoms with E-state index >= 15 is 0 Å². The van der Waals surface area contributed by atoms with Crippen molar-refractivity contribution in [3.63, 3.8) is 0 Å². The Hall–Kier alpha value is -2.41. The van der Waals surface area contributed by atoms with Gasteiger partial charge in [-0.05, 0) is 23.8 Å². The summed E-state index contributed by atoms with van der Waals surface area (Å²) >= 11 is 0. The van der Waals surface area contributed by atoms with E-state index in [4.69, 9.17) is 10.5 Å². The van der Waals surface area contributed by atoms with Crippen molar-refractivity contribution in [2.45, 2.75) is 6.54 Å². The largest absolute Gasteiger partial charge is 0.383 e. The van der Waals surface area contributed by atoms with Crippen molar-refractivity contribution in [3.05, 3.63) is 42.4 Å². The summed E-state index contributed by atoms with van der Waals surface area (Å²) < 4.78 is 6.62. The van der Waals surface area contributed by atoms with Gasteiger partial charge in [0.25, 0.3) is 0 Å². The van der Waals surface area contributed by atoms with Crippen molar-refractivity contribution >= 4 is 5.96 Å². The van der Waals surface area contributed by atoms with E-state index < -0.39 is 0 Å². The van der Waals surface area contributed by atoms with Gasteiger partial charge in [0.15, 0.2) is 11.8 Å². The summed E-state index contributed by atoms with van der Waals surface area (Å²) in [7, 11) is 1.64. The number of methoxy groups -OCH3 is 1. The molecule has 0 bridgehead atoms. The topological polar surface area (TPSA) is 90.4 Å². The fourth-order valence-electron chi connectivity index (χ4n) is 1.60. The van der Waals surface area contributed by atoms with E-state index in [9.17, 15) is 0 Å². The van der Waals surface area contributed by atoms with Gasteiger partial charge in [0.1, 0.15) is 0 Å². The Labute approximate surface area is 117 Å². The number of rotatable bonds is 6. The van der Waals surface area contributed by atoms with Crippen LogP contribution in [0.5, 0.6) is 0 Å². The lowest BCUT2D eigenvalue weighted by Crippen LogP contribution is -2.34. The summed E-state index contributed by atoms with van der Waals surface area (Å²) in [4.78, 5) is 8.52. The normalized spacial score (nSPS) is 11.6. The summed E-state index contributed by atoms with van der Waals surface area (Å²) in [5.74, 6) is 1.16. The van der Waals surface area contributed by atoms with Gasteiger partial charge in [0.2, 0.25) is 0 Å². The molecule has 7 nitrogen and oxygen atoms in total. The van der Waals surface area contributed by atoms with E-state index in [0.29, 0.717) is 25.7 Å². The van der Waals surface area contributed by atoms with Crippen LogP contribution in [0.2, 0.25) is 0 Å². The molecule has 0 saturated carbocycles. The molecule has 0 atom stereocenters. The van der Waals surface area contributed by atoms with Crippen molar-refractivity contribution in [3.8, 4) is 5.82 Å². The highest BCUT2D eigenvalue weighted by Crippen LogP contribution is 2.07. The lowest BCUT2D eigenvalue weighted by atomic mass is 10.2. The number of hydrogen-bond donors (Lipinski definition) is 2. The van der Waals surface area contributed by atoms with E-state index in [1.807, 2.05) is 24.4 Å². The molecule has 0 radical (unpaired) electrons. The molecule has 0 saturated heterocycles. The Morgan fingerprint density at radius 2 is 2.40 bits per heavy atom. The van der Waals surface area contributed by atoms with Gasteiger partial charge in [-0.2, -0.15) is 5.10 Å². The third kappa shape index (κ3) is 4.06. The van der Waals surface area contributed by atoms with Crippen LogP contribution in [0, 0.1) is 0 Å². The first-order valence-corrected chi connectivity index (χ1v) is 6.27. The molecule has 0 spiro atoms. The number of aliphatic imine (C=N–C) groups is 1. The standard InChI is InChI=1S/C13H18N6O/c1-20-8-6-16-13(14)17-10-11-3-5-15-12(9-11)19-7-2-4-18-19/h2-5,7,9H,6,8,10H2,1H3,(H3,14,16,17). The monoisotopic (exact) mass is 274 g/mol. The van der Waals surface area contributed by atoms with E-state index in [0.717, 1.165) is 11.4 Å². The molecule has 0 aliphatic rings. The maximum Gasteiger partial charge on any atom is 0.188 e. The highest BCUT2D eigenvalue weighted by Gasteiger charge is 2.00. The van der Waals surface area contributed by atoms with Crippen molar-refractivity contribution in [2.75, 3.05) is 20.3 Å². The smallest absolute Gasteiger partial charge is 0.188 e. The van der Waals surface area contributed by atoms with Gasteiger partial charge < -0.3 is 15.8 Å². The number of pyridine rings is 1. The number of guanidine groups is 1. The van der Waals surface area contributed by atoms with Crippen LogP contribution in [0.3, 0.4) is 0 Å². The van der Waals surface area contributed by atoms with Gasteiger partial charge in [-0.25, -0.2) is 14.7 Å². The summed E-state index contributed by atoms with van der Waals surface area (Å²) in [5, 5.41) is 7.11. The van der Waals surface area contributed by atoms with Gasteiger partial charge >= 0.3 is 0 Å². The highest BCUT2D eigenvalue weighted by atomic mass is 16.5. The molecule has 3 N–H and O–H groups in total. The highest BCUT2D eigenvalue weighted by molar-refractivity contribution is 5.77. The second-order valence-corrected chi connectivity index (χ2v) is 4.09. The first kappa shape index (κ1) is 14.0. The molecule has 2 heterocycles. The molecule has 0 aromatic carbocycles. The first-order chi connectivity index (χ1) is 9.79. The fraction of sp³-hybridized carbons (Fsp3) is 0.308. The second kappa shape index (κ2) is 7.25. The molecule has 106 valence electrons. The van der Waals surface area contributed by atoms with Crippen molar-refractivity contribution < 1.29 is 4.74 Å². The zero-order chi connectivity index (χ0) is 14.2. The Bertz CT molecular complexity index is 552. The number of aromatic nitrogens is 3. The maximum absolute atomic E-state index is 5.75. The van der Waals surface area contributed by atoms with Gasteiger partial charge in [-0.15, -0.1) is 0 Å². The predicted octanol–water partition coefficient (Wildman–Crippen LogP) is 0.318. The van der Waals surface area contributed by atoms with Gasteiger partial charge in [-0.1, -0.05) is 0 Å². The Morgan fingerprint density at radius 3 is 3.15 bits per heavy atom. The predicted molar refractivity (Wildman–Crippen MR) is 76.6 cm³/mol. The van der Waals surface area contributed by atoms with Crippen LogP contribution in [0.15, 0.2) is 41.8 Å². The van der Waals surface area contributed by atoms with Crippen LogP contribution in [0.1, 0.15) is 5.56 Å². The number of hydrogen-bond acceptors (Lipinski definition) is 4. The SMILES string of the molecule is COCCNC(N)=NCc1ccnc(-n2cccn2)c1. The lowest BCUT2D eigenvalue weighted by Gasteiger charge is -2.05. The number of nitrogens with two attached hydrogens (primary N) is 1. The maximum atomic E-state index is 5.75.